The van der Waals surface area contributed by atoms with E-state index in [2.05, 4.69) is 21.2 Å². The average molecular weight is 574 g/mol. The smallest absolute Gasteiger partial charge is 0.366 e. The van der Waals surface area contributed by atoms with Crippen LogP contribution < -0.4 is 16.0 Å². The first-order valence-electron chi connectivity index (χ1n) is 12.0. The standard InChI is InChI=1S/C28H27BrF3N3O2/c29-23-14-22(28(30,31)32)15-24(16-23)34-27(37)35(17-18-6-8-21(9-7-18)26(33)36)25-12-10-20(11-13-25)19-4-2-1-3-5-19/h6-16,19H,1-5,17H2,(H2,33,36)(H,34,37). The molecule has 0 aromatic heterocycles. The molecule has 1 saturated carbocycles. The van der Waals surface area contributed by atoms with Crippen molar-refractivity contribution in [1.82, 2.24) is 0 Å². The summed E-state index contributed by atoms with van der Waals surface area (Å²) < 4.78 is 40.1. The number of alkyl halides is 3. The molecule has 1 aliphatic carbocycles. The molecule has 37 heavy (non-hydrogen) atoms. The Bertz CT molecular complexity index is 1260. The number of urea groups is 1. The van der Waals surface area contributed by atoms with Crippen LogP contribution in [0.25, 0.3) is 0 Å². The van der Waals surface area contributed by atoms with Crippen LogP contribution in [0.15, 0.2) is 71.2 Å². The van der Waals surface area contributed by atoms with Crippen molar-refractivity contribution in [2.75, 3.05) is 10.2 Å². The Morgan fingerprint density at radius 2 is 1.59 bits per heavy atom. The molecule has 3 amide bonds. The van der Waals surface area contributed by atoms with Gasteiger partial charge < -0.3 is 11.1 Å². The van der Waals surface area contributed by atoms with Crippen molar-refractivity contribution in [3.05, 3.63) is 93.5 Å². The third-order valence-corrected chi connectivity index (χ3v) is 7.04. The quantitative estimate of drug-likeness (QED) is 0.315. The highest BCUT2D eigenvalue weighted by atomic mass is 79.9. The zero-order valence-corrected chi connectivity index (χ0v) is 21.6. The molecule has 0 unspecified atom stereocenters. The molecule has 9 heteroatoms. The number of primary amides is 1. The summed E-state index contributed by atoms with van der Waals surface area (Å²) in [4.78, 5) is 26.3. The van der Waals surface area contributed by atoms with Crippen LogP contribution >= 0.6 is 15.9 Å². The summed E-state index contributed by atoms with van der Waals surface area (Å²) >= 11 is 3.09. The molecule has 0 spiro atoms. The Morgan fingerprint density at radius 1 is 0.946 bits per heavy atom. The number of hydrogen-bond acceptors (Lipinski definition) is 2. The zero-order chi connectivity index (χ0) is 26.6. The van der Waals surface area contributed by atoms with Gasteiger partial charge in [0.2, 0.25) is 5.91 Å². The van der Waals surface area contributed by atoms with E-state index in [-0.39, 0.29) is 16.7 Å². The Balaban J connectivity index is 1.62. The first-order valence-corrected chi connectivity index (χ1v) is 12.8. The number of carbonyl (C=O) groups excluding carboxylic acids is 2. The molecule has 5 nitrogen and oxygen atoms in total. The van der Waals surface area contributed by atoms with Crippen LogP contribution in [0.4, 0.5) is 29.3 Å². The number of amides is 3. The Morgan fingerprint density at radius 3 is 2.19 bits per heavy atom. The fourth-order valence-corrected chi connectivity index (χ4v) is 5.11. The van der Waals surface area contributed by atoms with E-state index in [0.29, 0.717) is 17.2 Å². The van der Waals surface area contributed by atoms with Gasteiger partial charge in [-0.05, 0) is 72.4 Å². The molecule has 0 bridgehead atoms. The number of anilines is 2. The molecule has 0 saturated heterocycles. The molecule has 3 aromatic carbocycles. The van der Waals surface area contributed by atoms with E-state index >= 15 is 0 Å². The first kappa shape index (κ1) is 26.7. The number of nitrogens with zero attached hydrogens (tertiary/aromatic N) is 1. The van der Waals surface area contributed by atoms with Crippen LogP contribution in [0.3, 0.4) is 0 Å². The van der Waals surface area contributed by atoms with Gasteiger partial charge >= 0.3 is 12.2 Å². The molecule has 1 fully saturated rings. The number of nitrogens with one attached hydrogen (secondary N) is 1. The van der Waals surface area contributed by atoms with Gasteiger partial charge in [0.15, 0.2) is 0 Å². The largest absolute Gasteiger partial charge is 0.416 e. The van der Waals surface area contributed by atoms with Gasteiger partial charge in [-0.1, -0.05) is 59.5 Å². The molecular formula is C28H27BrF3N3O2. The van der Waals surface area contributed by atoms with Crippen molar-refractivity contribution in [2.24, 2.45) is 5.73 Å². The summed E-state index contributed by atoms with van der Waals surface area (Å²) in [6.45, 7) is 0.133. The van der Waals surface area contributed by atoms with E-state index in [1.807, 2.05) is 24.3 Å². The van der Waals surface area contributed by atoms with E-state index in [9.17, 15) is 22.8 Å². The van der Waals surface area contributed by atoms with Crippen LogP contribution in [0.2, 0.25) is 0 Å². The van der Waals surface area contributed by atoms with Crippen molar-refractivity contribution in [3.8, 4) is 0 Å². The Labute approximate surface area is 222 Å². The van der Waals surface area contributed by atoms with Crippen LogP contribution in [0, 0.1) is 0 Å². The van der Waals surface area contributed by atoms with Gasteiger partial charge in [0.1, 0.15) is 0 Å². The lowest BCUT2D eigenvalue weighted by atomic mass is 9.84. The van der Waals surface area contributed by atoms with Crippen molar-refractivity contribution >= 4 is 39.2 Å². The average Bonchev–Trinajstić information content (AvgIpc) is 2.87. The highest BCUT2D eigenvalue weighted by Gasteiger charge is 2.31. The molecule has 4 rings (SSSR count). The SMILES string of the molecule is NC(=O)c1ccc(CN(C(=O)Nc2cc(Br)cc(C(F)(F)F)c2)c2ccc(C3CCCCC3)cc2)cc1. The van der Waals surface area contributed by atoms with Gasteiger partial charge in [-0.25, -0.2) is 4.79 Å². The molecule has 3 N–H and O–H groups in total. The van der Waals surface area contributed by atoms with E-state index in [0.717, 1.165) is 30.5 Å². The second kappa shape index (κ2) is 11.4. The normalized spacial score (nSPS) is 14.3. The van der Waals surface area contributed by atoms with Crippen LogP contribution in [-0.2, 0) is 12.7 Å². The van der Waals surface area contributed by atoms with Gasteiger partial charge in [0, 0.05) is 21.4 Å². The summed E-state index contributed by atoms with van der Waals surface area (Å²) in [7, 11) is 0. The van der Waals surface area contributed by atoms with E-state index in [1.54, 1.807) is 24.3 Å². The fourth-order valence-electron chi connectivity index (χ4n) is 4.62. The van der Waals surface area contributed by atoms with Gasteiger partial charge in [-0.15, -0.1) is 0 Å². The van der Waals surface area contributed by atoms with Crippen LogP contribution in [0.5, 0.6) is 0 Å². The molecule has 0 heterocycles. The second-order valence-electron chi connectivity index (χ2n) is 9.23. The van der Waals surface area contributed by atoms with Crippen LogP contribution in [-0.4, -0.2) is 11.9 Å². The van der Waals surface area contributed by atoms with Crippen molar-refractivity contribution in [1.29, 1.82) is 0 Å². The Kier molecular flexibility index (Phi) is 8.22. The first-order chi connectivity index (χ1) is 17.6. The van der Waals surface area contributed by atoms with E-state index < -0.39 is 23.7 Å². The molecule has 1 aliphatic rings. The highest BCUT2D eigenvalue weighted by molar-refractivity contribution is 9.10. The maximum Gasteiger partial charge on any atom is 0.416 e. The third-order valence-electron chi connectivity index (χ3n) is 6.58. The zero-order valence-electron chi connectivity index (χ0n) is 20.0. The predicted octanol–water partition coefficient (Wildman–Crippen LogP) is 7.85. The van der Waals surface area contributed by atoms with Gasteiger partial charge in [0.05, 0.1) is 12.1 Å². The lowest BCUT2D eigenvalue weighted by molar-refractivity contribution is -0.137. The summed E-state index contributed by atoms with van der Waals surface area (Å²) in [5.41, 5.74) is 7.34. The summed E-state index contributed by atoms with van der Waals surface area (Å²) in [6.07, 6.45) is 1.38. The lowest BCUT2D eigenvalue weighted by Crippen LogP contribution is -2.34. The van der Waals surface area contributed by atoms with Gasteiger partial charge in [0.25, 0.3) is 0 Å². The summed E-state index contributed by atoms with van der Waals surface area (Å²) in [5, 5.41) is 2.60. The van der Waals surface area contributed by atoms with Crippen molar-refractivity contribution in [3.63, 3.8) is 0 Å². The number of hydrogen-bond donors (Lipinski definition) is 2. The summed E-state index contributed by atoms with van der Waals surface area (Å²) in [5.74, 6) is -0.0662. The van der Waals surface area contributed by atoms with Gasteiger partial charge in [-0.2, -0.15) is 13.2 Å². The maximum absolute atomic E-state index is 13.4. The molecule has 194 valence electrons. The van der Waals surface area contributed by atoms with Crippen molar-refractivity contribution < 1.29 is 22.8 Å². The topological polar surface area (TPSA) is 75.4 Å². The Hall–Kier alpha value is -3.33. The number of carbonyl (C=O) groups is 2. The molecular weight excluding hydrogens is 547 g/mol. The van der Waals surface area contributed by atoms with Crippen molar-refractivity contribution in [2.45, 2.75) is 50.7 Å². The van der Waals surface area contributed by atoms with Crippen LogP contribution in [0.1, 0.15) is 65.1 Å². The summed E-state index contributed by atoms with van der Waals surface area (Å²) in [6, 6.07) is 17.0. The van der Waals surface area contributed by atoms with E-state index in [4.69, 9.17) is 5.73 Å². The second-order valence-corrected chi connectivity index (χ2v) is 10.1. The van der Waals surface area contributed by atoms with Gasteiger partial charge in [-0.3, -0.25) is 9.69 Å². The number of halogens is 4. The third kappa shape index (κ3) is 6.91. The molecule has 3 aromatic rings. The van der Waals surface area contributed by atoms with E-state index in [1.165, 1.54) is 35.8 Å². The minimum absolute atomic E-state index is 0.0135. The number of nitrogens with two attached hydrogens (primary N) is 1. The minimum Gasteiger partial charge on any atom is -0.366 e. The molecule has 0 atom stereocenters. The number of benzene rings is 3. The fraction of sp³-hybridized carbons (Fsp3) is 0.286. The number of rotatable bonds is 6. The lowest BCUT2D eigenvalue weighted by Gasteiger charge is -2.26. The molecule has 0 aliphatic heterocycles. The highest BCUT2D eigenvalue weighted by Crippen LogP contribution is 2.35. The minimum atomic E-state index is -4.56. The monoisotopic (exact) mass is 573 g/mol. The predicted molar refractivity (Wildman–Crippen MR) is 142 cm³/mol. The molecule has 0 radical (unpaired) electrons. The maximum atomic E-state index is 13.4.